The summed E-state index contributed by atoms with van der Waals surface area (Å²) in [5, 5.41) is 14.2. The number of benzene rings is 1. The average Bonchev–Trinajstić information content (AvgIpc) is 2.64. The van der Waals surface area contributed by atoms with Gasteiger partial charge in [-0.25, -0.2) is 0 Å². The molecular formula is C20H31Cl3N2O2. The zero-order valence-electron chi connectivity index (χ0n) is 15.8. The maximum Gasteiger partial charge on any atom is 0.223 e. The summed E-state index contributed by atoms with van der Waals surface area (Å²) >= 11 is 12.0. The van der Waals surface area contributed by atoms with Crippen molar-refractivity contribution < 1.29 is 9.90 Å². The van der Waals surface area contributed by atoms with Gasteiger partial charge in [-0.1, -0.05) is 61.4 Å². The number of aliphatic hydroxyl groups is 1. The molecule has 1 fully saturated rings. The lowest BCUT2D eigenvalue weighted by atomic mass is 9.82. The van der Waals surface area contributed by atoms with E-state index in [9.17, 15) is 9.90 Å². The summed E-state index contributed by atoms with van der Waals surface area (Å²) in [6.45, 7) is 0. The van der Waals surface area contributed by atoms with Gasteiger partial charge in [0, 0.05) is 19.0 Å². The highest BCUT2D eigenvalue weighted by molar-refractivity contribution is 6.42. The van der Waals surface area contributed by atoms with E-state index in [1.54, 1.807) is 19.2 Å². The van der Waals surface area contributed by atoms with Crippen LogP contribution in [0.4, 0.5) is 0 Å². The van der Waals surface area contributed by atoms with Crippen LogP contribution in [0, 0.1) is 11.8 Å². The zero-order chi connectivity index (χ0) is 19.1. The van der Waals surface area contributed by atoms with Gasteiger partial charge in [0.15, 0.2) is 0 Å². The predicted octanol–water partition coefficient (Wildman–Crippen LogP) is 4.37. The third-order valence-electron chi connectivity index (χ3n) is 5.43. The molecule has 0 aliphatic heterocycles. The number of carbonyl (C=O) groups is 1. The van der Waals surface area contributed by atoms with E-state index in [0.717, 1.165) is 12.0 Å². The number of amides is 1. The largest absolute Gasteiger partial charge is 0.391 e. The summed E-state index contributed by atoms with van der Waals surface area (Å²) in [7, 11) is 1.61. The molecule has 3 atom stereocenters. The van der Waals surface area contributed by atoms with Crippen molar-refractivity contribution in [3.8, 4) is 0 Å². The summed E-state index contributed by atoms with van der Waals surface area (Å²) in [4.78, 5) is 12.3. The first kappa shape index (κ1) is 24.5. The Labute approximate surface area is 178 Å². The molecule has 0 spiro atoms. The summed E-state index contributed by atoms with van der Waals surface area (Å²) in [5.41, 5.74) is 7.17. The Balaban J connectivity index is 0.00000364. The molecule has 0 saturated heterocycles. The van der Waals surface area contributed by atoms with E-state index < -0.39 is 6.10 Å². The molecule has 1 aliphatic rings. The molecule has 0 heterocycles. The van der Waals surface area contributed by atoms with E-state index in [0.29, 0.717) is 28.8 Å². The smallest absolute Gasteiger partial charge is 0.223 e. The van der Waals surface area contributed by atoms with Crippen molar-refractivity contribution >= 4 is 41.5 Å². The summed E-state index contributed by atoms with van der Waals surface area (Å²) < 4.78 is 0. The topological polar surface area (TPSA) is 75.3 Å². The molecular weight excluding hydrogens is 407 g/mol. The molecule has 4 nitrogen and oxygen atoms in total. The number of hydrogen-bond acceptors (Lipinski definition) is 3. The molecule has 1 amide bonds. The van der Waals surface area contributed by atoms with Crippen molar-refractivity contribution in [2.75, 3.05) is 7.05 Å². The summed E-state index contributed by atoms with van der Waals surface area (Å²) in [5.74, 6) is 0.145. The van der Waals surface area contributed by atoms with Crippen molar-refractivity contribution in [2.45, 2.75) is 63.5 Å². The van der Waals surface area contributed by atoms with Crippen molar-refractivity contribution in [1.82, 2.24) is 5.32 Å². The zero-order valence-corrected chi connectivity index (χ0v) is 18.1. The number of aliphatic hydroxyl groups excluding tert-OH is 1. The number of carbonyl (C=O) groups excluding carboxylic acids is 1. The second-order valence-corrected chi connectivity index (χ2v) is 8.28. The maximum absolute atomic E-state index is 12.3. The van der Waals surface area contributed by atoms with Crippen molar-refractivity contribution in [1.29, 1.82) is 0 Å². The average molecular weight is 438 g/mol. The molecule has 154 valence electrons. The lowest BCUT2D eigenvalue weighted by Crippen LogP contribution is -2.41. The van der Waals surface area contributed by atoms with Crippen LogP contribution in [0.5, 0.6) is 0 Å². The molecule has 7 heteroatoms. The minimum absolute atomic E-state index is 0. The molecule has 0 unspecified atom stereocenters. The SMILES string of the molecule is CNC(=O)[C@H](Cc1ccc(Cl)c(Cl)c1)C[C@H](O)[C@@H](N)CC1CCCCC1.Cl. The van der Waals surface area contributed by atoms with Gasteiger partial charge in [-0.05, 0) is 42.9 Å². The Kier molecular flexibility index (Phi) is 11.0. The van der Waals surface area contributed by atoms with Crippen molar-refractivity contribution in [3.05, 3.63) is 33.8 Å². The third-order valence-corrected chi connectivity index (χ3v) is 6.17. The first-order valence-corrected chi connectivity index (χ1v) is 10.3. The van der Waals surface area contributed by atoms with E-state index in [2.05, 4.69) is 5.32 Å². The van der Waals surface area contributed by atoms with Gasteiger partial charge in [-0.2, -0.15) is 0 Å². The Morgan fingerprint density at radius 3 is 2.52 bits per heavy atom. The normalized spacial score (nSPS) is 18.3. The maximum atomic E-state index is 12.3. The Bertz CT molecular complexity index is 595. The molecule has 1 aromatic carbocycles. The number of rotatable bonds is 8. The third kappa shape index (κ3) is 7.78. The van der Waals surface area contributed by atoms with Gasteiger partial charge in [0.2, 0.25) is 5.91 Å². The fourth-order valence-corrected chi connectivity index (χ4v) is 4.19. The molecule has 0 radical (unpaired) electrons. The fraction of sp³-hybridized carbons (Fsp3) is 0.650. The standard InChI is InChI=1S/C20H30Cl2N2O2.ClH/c1-24-20(26)15(9-14-7-8-16(21)17(22)10-14)12-19(25)18(23)11-13-5-3-2-4-6-13;/h7-8,10,13,15,18-19,25H,2-6,9,11-12,23H2,1H3,(H,24,26);1H/t15-,18+,19+;/m1./s1. The van der Waals surface area contributed by atoms with Crippen LogP contribution in [0.15, 0.2) is 18.2 Å². The van der Waals surface area contributed by atoms with Crippen LogP contribution in [0.2, 0.25) is 10.0 Å². The molecule has 27 heavy (non-hydrogen) atoms. The van der Waals surface area contributed by atoms with Crippen LogP contribution in [0.25, 0.3) is 0 Å². The molecule has 1 aromatic rings. The lowest BCUT2D eigenvalue weighted by molar-refractivity contribution is -0.125. The van der Waals surface area contributed by atoms with Gasteiger partial charge in [-0.15, -0.1) is 12.4 Å². The summed E-state index contributed by atoms with van der Waals surface area (Å²) in [6, 6.07) is 5.07. The van der Waals surface area contributed by atoms with Gasteiger partial charge >= 0.3 is 0 Å². The van der Waals surface area contributed by atoms with E-state index in [-0.39, 0.29) is 30.3 Å². The second-order valence-electron chi connectivity index (χ2n) is 7.47. The van der Waals surface area contributed by atoms with Crippen LogP contribution in [-0.4, -0.2) is 30.2 Å². The number of halogens is 3. The first-order valence-electron chi connectivity index (χ1n) is 9.49. The van der Waals surface area contributed by atoms with Crippen LogP contribution < -0.4 is 11.1 Å². The highest BCUT2D eigenvalue weighted by atomic mass is 35.5. The predicted molar refractivity (Wildman–Crippen MR) is 115 cm³/mol. The molecule has 1 aliphatic carbocycles. The minimum atomic E-state index is -0.693. The summed E-state index contributed by atoms with van der Waals surface area (Å²) in [6.07, 6.45) is 7.17. The number of nitrogens with one attached hydrogen (secondary N) is 1. The van der Waals surface area contributed by atoms with E-state index >= 15 is 0 Å². The van der Waals surface area contributed by atoms with Crippen molar-refractivity contribution in [2.24, 2.45) is 17.6 Å². The number of nitrogens with two attached hydrogens (primary N) is 1. The lowest BCUT2D eigenvalue weighted by Gasteiger charge is -2.28. The minimum Gasteiger partial charge on any atom is -0.391 e. The van der Waals surface area contributed by atoms with Gasteiger partial charge in [0.05, 0.1) is 16.1 Å². The van der Waals surface area contributed by atoms with Crippen LogP contribution in [0.3, 0.4) is 0 Å². The molecule has 0 aromatic heterocycles. The van der Waals surface area contributed by atoms with Crippen LogP contribution in [0.1, 0.15) is 50.5 Å². The fourth-order valence-electron chi connectivity index (χ4n) is 3.87. The first-order chi connectivity index (χ1) is 12.4. The molecule has 4 N–H and O–H groups in total. The van der Waals surface area contributed by atoms with Crippen LogP contribution in [-0.2, 0) is 11.2 Å². The Hall–Kier alpha value is -0.520. The van der Waals surface area contributed by atoms with Crippen LogP contribution >= 0.6 is 35.6 Å². The Morgan fingerprint density at radius 1 is 1.26 bits per heavy atom. The second kappa shape index (κ2) is 12.1. The van der Waals surface area contributed by atoms with Gasteiger partial charge in [0.1, 0.15) is 0 Å². The van der Waals surface area contributed by atoms with Gasteiger partial charge in [-0.3, -0.25) is 4.79 Å². The van der Waals surface area contributed by atoms with E-state index in [4.69, 9.17) is 28.9 Å². The van der Waals surface area contributed by atoms with Gasteiger partial charge < -0.3 is 16.2 Å². The molecule has 1 saturated carbocycles. The van der Waals surface area contributed by atoms with Gasteiger partial charge in [0.25, 0.3) is 0 Å². The number of hydrogen-bond donors (Lipinski definition) is 3. The Morgan fingerprint density at radius 2 is 1.93 bits per heavy atom. The highest BCUT2D eigenvalue weighted by Gasteiger charge is 2.27. The monoisotopic (exact) mass is 436 g/mol. The van der Waals surface area contributed by atoms with Crippen molar-refractivity contribution in [3.63, 3.8) is 0 Å². The van der Waals surface area contributed by atoms with E-state index in [1.165, 1.54) is 32.1 Å². The van der Waals surface area contributed by atoms with E-state index in [1.807, 2.05) is 6.07 Å². The molecule has 2 rings (SSSR count). The quantitative estimate of drug-likeness (QED) is 0.565. The highest BCUT2D eigenvalue weighted by Crippen LogP contribution is 2.29. The molecule has 0 bridgehead atoms.